The number of urea groups is 1. The number of carbonyl (C=O) groups excluding carboxylic acids is 4. The molecular weight excluding hydrogens is 1210 g/mol. The van der Waals surface area contributed by atoms with Crippen molar-refractivity contribution < 1.29 is 147 Å². The monoisotopic (exact) mass is 1260 g/mol. The first-order chi connectivity index (χ1) is 26.9. The van der Waals surface area contributed by atoms with Crippen LogP contribution < -0.4 is 10.6 Å². The second kappa shape index (κ2) is 18.6. The maximum Gasteiger partial charge on any atom is 0.338 e. The van der Waals surface area contributed by atoms with Crippen LogP contribution in [0.1, 0.15) is 67.4 Å². The number of hydrogen-bond donors (Lipinski definition) is 7. The maximum atomic E-state index is 14.7. The van der Waals surface area contributed by atoms with E-state index in [-0.39, 0.29) is 124 Å². The Morgan fingerprint density at radius 1 is 0.949 bits per heavy atom. The number of ether oxygens (including phenoxy) is 3. The smallest absolute Gasteiger partial charge is 0.338 e. The molecule has 7 rings (SSSR count). The van der Waals surface area contributed by atoms with Gasteiger partial charge in [0, 0.05) is 124 Å². The van der Waals surface area contributed by atoms with Crippen molar-refractivity contribution in [3.63, 3.8) is 0 Å². The molecule has 2 bridgehead atoms. The Morgan fingerprint density at radius 3 is 2.19 bits per heavy atom. The number of thiophene rings is 1. The summed E-state index contributed by atoms with van der Waals surface area (Å²) in [5.74, 6) is -4.49. The van der Waals surface area contributed by atoms with Gasteiger partial charge in [-0.2, -0.15) is 0 Å². The second-order valence-electron chi connectivity index (χ2n) is 16.3. The van der Waals surface area contributed by atoms with E-state index in [4.69, 9.17) is 14.2 Å². The maximum absolute atomic E-state index is 14.7. The summed E-state index contributed by atoms with van der Waals surface area (Å²) >= 11 is 1.18. The number of aliphatic hydroxyl groups excluding tert-OH is 3. The number of rotatable bonds is 9. The Bertz CT molecular complexity index is 2060. The number of esters is 2. The third-order valence-electron chi connectivity index (χ3n) is 12.9. The van der Waals surface area contributed by atoms with Crippen LogP contribution in [0.2, 0.25) is 0 Å². The quantitative estimate of drug-likeness (QED) is 0.122. The summed E-state index contributed by atoms with van der Waals surface area (Å²) in [5, 5.41) is 67.9. The largest absolute Gasteiger partial charge is 0.456 e. The van der Waals surface area contributed by atoms with Crippen LogP contribution in [0.25, 0.3) is 0 Å². The predicted octanol–water partition coefficient (Wildman–Crippen LogP) is 2.73. The molecule has 9 unspecified atom stereocenters. The van der Waals surface area contributed by atoms with E-state index in [0.717, 1.165) is 5.56 Å². The van der Waals surface area contributed by atoms with Gasteiger partial charge < -0.3 is 50.4 Å². The van der Waals surface area contributed by atoms with E-state index in [1.54, 1.807) is 49.6 Å². The van der Waals surface area contributed by atoms with Gasteiger partial charge in [-0.15, -0.1) is 11.3 Å². The zero-order chi connectivity index (χ0) is 41.1. The zero-order valence-electron chi connectivity index (χ0n) is 33.1. The molecule has 59 heavy (non-hydrogen) atoms. The number of hydrogen-bond acceptors (Lipinski definition) is 13. The van der Waals surface area contributed by atoms with Crippen molar-refractivity contribution in [3.8, 4) is 0 Å². The van der Waals surface area contributed by atoms with Crippen LogP contribution in [0.4, 0.5) is 4.79 Å². The van der Waals surface area contributed by atoms with Crippen LogP contribution in [-0.2, 0) is 30.3 Å². The van der Waals surface area contributed by atoms with Crippen molar-refractivity contribution in [2.75, 3.05) is 6.61 Å². The number of aliphatic hydroxyl groups is 5. The molecule has 310 valence electrons. The van der Waals surface area contributed by atoms with E-state index in [1.165, 1.54) is 37.3 Å². The van der Waals surface area contributed by atoms with Gasteiger partial charge in [-0.25, -0.2) is 14.4 Å². The normalized spacial score (nSPS) is 32.7. The minimum atomic E-state index is -2.30. The van der Waals surface area contributed by atoms with Crippen LogP contribution in [0.3, 0.4) is 0 Å². The SMILES string of the molecule is CC1=C2C(O)C(=O)[C@]3(C)C(O)CC4OC[C@@]4(O)C3C(OC(=O)c3ccccc3)C(O)(CC1OC(=O)C(O)C(NC(=O)NCc1ccccc1)c1cccs1)C2(C)C.[Ac].[Ac]. The number of carbonyl (C=O) groups is 4. The van der Waals surface area contributed by atoms with Gasteiger partial charge >= 0.3 is 18.0 Å². The molecule has 3 aliphatic carbocycles. The van der Waals surface area contributed by atoms with Crippen molar-refractivity contribution in [1.82, 2.24) is 10.6 Å². The number of amides is 2. The van der Waals surface area contributed by atoms with Gasteiger partial charge in [0.05, 0.1) is 29.8 Å². The average Bonchev–Trinajstić information content (AvgIpc) is 3.73. The van der Waals surface area contributed by atoms with Crippen LogP contribution >= 0.6 is 11.3 Å². The first kappa shape index (κ1) is 48.4. The molecule has 2 heterocycles. The van der Waals surface area contributed by atoms with Crippen LogP contribution in [0, 0.1) is 105 Å². The molecule has 2 radical (unpaired) electrons. The molecule has 4 aliphatic rings. The molecule has 2 saturated carbocycles. The number of benzene rings is 2. The van der Waals surface area contributed by atoms with E-state index < -0.39 is 101 Å². The fraction of sp³-hybridized carbons (Fsp3) is 0.476. The molecular formula is C42H48Ac2N2O12S. The van der Waals surface area contributed by atoms with Crippen LogP contribution in [-0.4, -0.2) is 104 Å². The van der Waals surface area contributed by atoms with Crippen molar-refractivity contribution >= 4 is 35.1 Å². The molecule has 11 atom stereocenters. The van der Waals surface area contributed by atoms with Crippen LogP contribution in [0.5, 0.6) is 0 Å². The number of fused-ring (bicyclic) bond motifs is 5. The summed E-state index contributed by atoms with van der Waals surface area (Å²) in [6, 6.07) is 18.4. The van der Waals surface area contributed by atoms with Crippen molar-refractivity contribution in [2.45, 2.75) is 101 Å². The fourth-order valence-electron chi connectivity index (χ4n) is 9.47. The molecule has 1 aliphatic heterocycles. The first-order valence-electron chi connectivity index (χ1n) is 18.9. The summed E-state index contributed by atoms with van der Waals surface area (Å²) < 4.78 is 17.8. The van der Waals surface area contributed by atoms with Gasteiger partial charge in [0.25, 0.3) is 0 Å². The van der Waals surface area contributed by atoms with Gasteiger partial charge in [-0.3, -0.25) is 4.79 Å². The molecule has 17 heteroatoms. The van der Waals surface area contributed by atoms with Crippen molar-refractivity contribution in [2.24, 2.45) is 16.7 Å². The van der Waals surface area contributed by atoms with E-state index in [2.05, 4.69) is 10.6 Å². The first-order valence-corrected chi connectivity index (χ1v) is 19.8. The Kier molecular flexibility index (Phi) is 15.3. The molecule has 3 aromatic rings. The molecule has 3 fully saturated rings. The van der Waals surface area contributed by atoms with E-state index in [1.807, 2.05) is 30.3 Å². The molecule has 2 amide bonds. The summed E-state index contributed by atoms with van der Waals surface area (Å²) in [6.07, 6.45) is -10.2. The summed E-state index contributed by atoms with van der Waals surface area (Å²) in [7, 11) is 0. The number of Topliss-reactive ketones (excluding diaryl/α,β-unsaturated/α-hetero) is 1. The summed E-state index contributed by atoms with van der Waals surface area (Å²) in [5.41, 5.74) is -6.67. The molecule has 2 aromatic carbocycles. The molecule has 7 N–H and O–H groups in total. The van der Waals surface area contributed by atoms with Crippen molar-refractivity contribution in [3.05, 3.63) is 105 Å². The third kappa shape index (κ3) is 8.47. The average molecular weight is 1260 g/mol. The zero-order valence-corrected chi connectivity index (χ0v) is 43.4. The number of ketones is 1. The van der Waals surface area contributed by atoms with Gasteiger partial charge in [-0.05, 0) is 54.1 Å². The minimum absolute atomic E-state index is 0. The molecule has 1 aromatic heterocycles. The Hall–Kier alpha value is -1.60. The summed E-state index contributed by atoms with van der Waals surface area (Å²) in [6.45, 7) is 5.89. The topological polar surface area (TPSA) is 221 Å². The standard InChI is InChI=1S/C42H48N2O12S.2Ac/c1-22-25(55-37(50)32(47)30(26-16-11-17-57-26)44-38(51)43-20-23-12-7-5-8-13-23)19-42(53)35(56-36(49)24-14-9-6-10-15-24)33-40(4,27(45)18-28-41(33,52)21-54-28)34(48)31(46)29(22)39(42,2)3;;/h5-17,25,27-28,30-33,35,45-47,52-53H,18-21H2,1-4H3,(H2,43,44,51);;/t25?,27?,28?,30?,31?,32?,33?,35?,40-,41+,42?;;/m1../s1. The molecule has 1 saturated heterocycles. The summed E-state index contributed by atoms with van der Waals surface area (Å²) in [4.78, 5) is 56.2. The fourth-order valence-corrected chi connectivity index (χ4v) is 10.3. The van der Waals surface area contributed by atoms with Gasteiger partial charge in [-0.1, -0.05) is 68.4 Å². The van der Waals surface area contributed by atoms with Gasteiger partial charge in [0.15, 0.2) is 11.9 Å². The van der Waals surface area contributed by atoms with E-state index in [0.29, 0.717) is 4.88 Å². The predicted molar refractivity (Wildman–Crippen MR) is 204 cm³/mol. The van der Waals surface area contributed by atoms with Gasteiger partial charge in [0.1, 0.15) is 35.6 Å². The Labute approximate surface area is 417 Å². The molecule has 0 spiro atoms. The van der Waals surface area contributed by atoms with E-state index >= 15 is 0 Å². The van der Waals surface area contributed by atoms with Crippen LogP contribution in [0.15, 0.2) is 89.3 Å². The third-order valence-corrected chi connectivity index (χ3v) is 13.8. The Morgan fingerprint density at radius 2 is 1.59 bits per heavy atom. The number of nitrogens with one attached hydrogen (secondary N) is 2. The molecule has 14 nitrogen and oxygen atoms in total. The van der Waals surface area contributed by atoms with Crippen molar-refractivity contribution in [1.29, 1.82) is 0 Å². The second-order valence-corrected chi connectivity index (χ2v) is 17.3. The van der Waals surface area contributed by atoms with E-state index in [9.17, 15) is 44.7 Å². The van der Waals surface area contributed by atoms with Gasteiger partial charge in [0.2, 0.25) is 0 Å². The Balaban J connectivity index is 0.00000331. The minimum Gasteiger partial charge on any atom is -0.456 e.